The molecule has 7 heteroatoms. The number of nitrogens with one attached hydrogen (secondary N) is 1. The number of aromatic nitrogens is 2. The molecule has 2 saturated heterocycles. The van der Waals surface area contributed by atoms with Crippen LogP contribution in [0.5, 0.6) is 0 Å². The van der Waals surface area contributed by atoms with Crippen molar-refractivity contribution in [2.24, 2.45) is 0 Å². The number of likely N-dealkylation sites (tertiary alicyclic amines) is 1. The van der Waals surface area contributed by atoms with Crippen molar-refractivity contribution < 1.29 is 14.1 Å². The molecule has 0 radical (unpaired) electrons. The Morgan fingerprint density at radius 2 is 2.08 bits per heavy atom. The van der Waals surface area contributed by atoms with Crippen molar-refractivity contribution in [2.75, 3.05) is 26.2 Å². The van der Waals surface area contributed by atoms with Crippen molar-refractivity contribution in [3.63, 3.8) is 0 Å². The van der Waals surface area contributed by atoms with Crippen LogP contribution in [0, 0.1) is 0 Å². The van der Waals surface area contributed by atoms with E-state index in [0.29, 0.717) is 37.0 Å². The fourth-order valence-corrected chi connectivity index (χ4v) is 3.29. The average Bonchev–Trinajstić information content (AvgIpc) is 3.28. The first-order valence-electron chi connectivity index (χ1n) is 8.70. The van der Waals surface area contributed by atoms with Gasteiger partial charge in [-0.15, -0.1) is 0 Å². The highest BCUT2D eigenvalue weighted by atomic mass is 16.5. The van der Waals surface area contributed by atoms with Gasteiger partial charge in [-0.25, -0.2) is 0 Å². The van der Waals surface area contributed by atoms with Gasteiger partial charge >= 0.3 is 0 Å². The standard InChI is InChI=1S/C18H22N4O3/c1-11(2)17-20-16(21-25-17)12-3-5-13(6-4-12)18(23)22-9-14-15(10-22)24-8-7-19-14/h3-6,11,14-15,19H,7-10H2,1-2H3/t14-,15-/m0/s1. The number of carbonyl (C=O) groups is 1. The minimum Gasteiger partial charge on any atom is -0.373 e. The van der Waals surface area contributed by atoms with E-state index in [0.717, 1.165) is 12.1 Å². The zero-order valence-corrected chi connectivity index (χ0v) is 14.4. The highest BCUT2D eigenvalue weighted by Crippen LogP contribution is 2.22. The Bertz CT molecular complexity index is 742. The quantitative estimate of drug-likeness (QED) is 0.914. The van der Waals surface area contributed by atoms with Crippen molar-refractivity contribution in [1.82, 2.24) is 20.4 Å². The van der Waals surface area contributed by atoms with Crippen molar-refractivity contribution in [1.29, 1.82) is 0 Å². The number of amides is 1. The second-order valence-corrected chi connectivity index (χ2v) is 6.87. The zero-order valence-electron chi connectivity index (χ0n) is 14.4. The monoisotopic (exact) mass is 342 g/mol. The Balaban J connectivity index is 1.47. The predicted molar refractivity (Wildman–Crippen MR) is 91.3 cm³/mol. The molecule has 3 heterocycles. The number of benzene rings is 1. The van der Waals surface area contributed by atoms with Crippen LogP contribution in [0.4, 0.5) is 0 Å². The van der Waals surface area contributed by atoms with Gasteiger partial charge in [-0.3, -0.25) is 4.79 Å². The topological polar surface area (TPSA) is 80.5 Å². The lowest BCUT2D eigenvalue weighted by atomic mass is 10.1. The van der Waals surface area contributed by atoms with E-state index >= 15 is 0 Å². The molecule has 4 rings (SSSR count). The predicted octanol–water partition coefficient (Wildman–Crippen LogP) is 1.67. The summed E-state index contributed by atoms with van der Waals surface area (Å²) >= 11 is 0. The normalized spacial score (nSPS) is 23.1. The molecule has 1 N–H and O–H groups in total. The highest BCUT2D eigenvalue weighted by Gasteiger charge is 2.37. The molecule has 0 saturated carbocycles. The summed E-state index contributed by atoms with van der Waals surface area (Å²) in [6, 6.07) is 7.60. The van der Waals surface area contributed by atoms with Crippen molar-refractivity contribution >= 4 is 5.91 Å². The Kier molecular flexibility index (Phi) is 4.27. The summed E-state index contributed by atoms with van der Waals surface area (Å²) in [5.74, 6) is 1.38. The minimum absolute atomic E-state index is 0.0299. The maximum atomic E-state index is 12.7. The third-order valence-electron chi connectivity index (χ3n) is 4.72. The Morgan fingerprint density at radius 1 is 1.28 bits per heavy atom. The number of carbonyl (C=O) groups excluding carboxylic acids is 1. The van der Waals surface area contributed by atoms with E-state index in [1.165, 1.54) is 0 Å². The molecule has 2 fully saturated rings. The first-order chi connectivity index (χ1) is 12.1. The van der Waals surface area contributed by atoms with E-state index in [1.807, 2.05) is 43.0 Å². The number of nitrogens with zero attached hydrogens (tertiary/aromatic N) is 3. The first-order valence-corrected chi connectivity index (χ1v) is 8.70. The van der Waals surface area contributed by atoms with Gasteiger partial charge in [0, 0.05) is 36.7 Å². The third kappa shape index (κ3) is 3.17. The van der Waals surface area contributed by atoms with Crippen molar-refractivity contribution in [2.45, 2.75) is 31.9 Å². The molecule has 0 bridgehead atoms. The molecule has 0 unspecified atom stereocenters. The van der Waals surface area contributed by atoms with E-state index in [2.05, 4.69) is 15.5 Å². The summed E-state index contributed by atoms with van der Waals surface area (Å²) in [6.45, 7) is 6.90. The van der Waals surface area contributed by atoms with Gasteiger partial charge in [-0.2, -0.15) is 4.98 Å². The summed E-state index contributed by atoms with van der Waals surface area (Å²) in [7, 11) is 0. The van der Waals surface area contributed by atoms with Crippen LogP contribution in [0.2, 0.25) is 0 Å². The van der Waals surface area contributed by atoms with Gasteiger partial charge in [-0.05, 0) is 12.1 Å². The van der Waals surface area contributed by atoms with E-state index < -0.39 is 0 Å². The zero-order chi connectivity index (χ0) is 17.4. The van der Waals surface area contributed by atoms with Gasteiger partial charge in [0.15, 0.2) is 0 Å². The van der Waals surface area contributed by atoms with Gasteiger partial charge < -0.3 is 19.5 Å². The lowest BCUT2D eigenvalue weighted by Gasteiger charge is -2.25. The van der Waals surface area contributed by atoms with Crippen LogP contribution in [0.3, 0.4) is 0 Å². The fraction of sp³-hybridized carbons (Fsp3) is 0.500. The maximum absolute atomic E-state index is 12.7. The number of hydrogen-bond acceptors (Lipinski definition) is 6. The SMILES string of the molecule is CC(C)c1nc(-c2ccc(C(=O)N3C[C@@H]4NCCO[C@H]4C3)cc2)no1. The molecule has 1 aromatic carbocycles. The Labute approximate surface area is 146 Å². The van der Waals surface area contributed by atoms with Gasteiger partial charge in [-0.1, -0.05) is 31.1 Å². The van der Waals surface area contributed by atoms with Crippen LogP contribution in [-0.4, -0.2) is 59.3 Å². The lowest BCUT2D eigenvalue weighted by molar-refractivity contribution is 0.0176. The van der Waals surface area contributed by atoms with E-state index in [4.69, 9.17) is 9.26 Å². The summed E-state index contributed by atoms with van der Waals surface area (Å²) in [5, 5.41) is 7.42. The molecule has 132 valence electrons. The summed E-state index contributed by atoms with van der Waals surface area (Å²) in [5.41, 5.74) is 1.50. The van der Waals surface area contributed by atoms with Gasteiger partial charge in [0.25, 0.3) is 5.91 Å². The molecule has 0 aliphatic carbocycles. The smallest absolute Gasteiger partial charge is 0.253 e. The molecule has 2 atom stereocenters. The van der Waals surface area contributed by atoms with Crippen LogP contribution in [-0.2, 0) is 4.74 Å². The molecular formula is C18H22N4O3. The van der Waals surface area contributed by atoms with Crippen molar-refractivity contribution in [3.8, 4) is 11.4 Å². The Hall–Kier alpha value is -2.25. The third-order valence-corrected chi connectivity index (χ3v) is 4.72. The van der Waals surface area contributed by atoms with Gasteiger partial charge in [0.05, 0.1) is 18.8 Å². The number of hydrogen-bond donors (Lipinski definition) is 1. The molecule has 2 aliphatic heterocycles. The largest absolute Gasteiger partial charge is 0.373 e. The summed E-state index contributed by atoms with van der Waals surface area (Å²) < 4.78 is 11.0. The number of ether oxygens (including phenoxy) is 1. The van der Waals surface area contributed by atoms with E-state index in [1.54, 1.807) is 0 Å². The summed E-state index contributed by atoms with van der Waals surface area (Å²) in [6.07, 6.45) is 0.103. The van der Waals surface area contributed by atoms with Crippen molar-refractivity contribution in [3.05, 3.63) is 35.7 Å². The van der Waals surface area contributed by atoms with E-state index in [-0.39, 0.29) is 24.0 Å². The Morgan fingerprint density at radius 3 is 2.76 bits per heavy atom. The first kappa shape index (κ1) is 16.2. The van der Waals surface area contributed by atoms with E-state index in [9.17, 15) is 4.79 Å². The van der Waals surface area contributed by atoms with Crippen LogP contribution in [0.25, 0.3) is 11.4 Å². The van der Waals surface area contributed by atoms with Crippen LogP contribution in [0.15, 0.2) is 28.8 Å². The maximum Gasteiger partial charge on any atom is 0.253 e. The van der Waals surface area contributed by atoms with Crippen LogP contribution >= 0.6 is 0 Å². The molecular weight excluding hydrogens is 320 g/mol. The molecule has 1 amide bonds. The minimum atomic E-state index is 0.0299. The molecule has 25 heavy (non-hydrogen) atoms. The molecule has 7 nitrogen and oxygen atoms in total. The lowest BCUT2D eigenvalue weighted by Crippen LogP contribution is -2.47. The fourth-order valence-electron chi connectivity index (χ4n) is 3.29. The second kappa shape index (κ2) is 6.57. The number of fused-ring (bicyclic) bond motifs is 1. The molecule has 2 aliphatic rings. The number of morpholine rings is 1. The summed E-state index contributed by atoms with van der Waals surface area (Å²) in [4.78, 5) is 19.0. The molecule has 0 spiro atoms. The molecule has 1 aromatic heterocycles. The second-order valence-electron chi connectivity index (χ2n) is 6.87. The number of rotatable bonds is 3. The van der Waals surface area contributed by atoms with Gasteiger partial charge in [0.1, 0.15) is 0 Å². The van der Waals surface area contributed by atoms with Crippen LogP contribution in [0.1, 0.15) is 36.0 Å². The highest BCUT2D eigenvalue weighted by molar-refractivity contribution is 5.95. The average molecular weight is 342 g/mol. The van der Waals surface area contributed by atoms with Crippen LogP contribution < -0.4 is 5.32 Å². The molecule has 2 aromatic rings. The van der Waals surface area contributed by atoms with Gasteiger partial charge in [0.2, 0.25) is 11.7 Å².